The maximum Gasteiger partial charge on any atom is 0.353 e. The number of ether oxygens (including phenoxy) is 1. The van der Waals surface area contributed by atoms with Gasteiger partial charge in [-0.1, -0.05) is 0 Å². The van der Waals surface area contributed by atoms with Crippen LogP contribution in [0.5, 0.6) is 0 Å². The minimum Gasteiger partial charge on any atom is -0.378 e. The fourth-order valence-corrected chi connectivity index (χ4v) is 2.15. The van der Waals surface area contributed by atoms with Gasteiger partial charge >= 0.3 is 5.69 Å². The zero-order valence-corrected chi connectivity index (χ0v) is 11.0. The van der Waals surface area contributed by atoms with Crippen molar-refractivity contribution in [3.05, 3.63) is 10.5 Å². The molecule has 18 heavy (non-hydrogen) atoms. The van der Waals surface area contributed by atoms with E-state index in [1.807, 2.05) is 16.8 Å². The van der Waals surface area contributed by atoms with Crippen molar-refractivity contribution < 1.29 is 4.74 Å². The highest BCUT2D eigenvalue weighted by molar-refractivity contribution is 5.85. The highest BCUT2D eigenvalue weighted by Gasteiger charge is 2.22. The van der Waals surface area contributed by atoms with Crippen molar-refractivity contribution in [3.8, 4) is 0 Å². The molecule has 0 bridgehead atoms. The summed E-state index contributed by atoms with van der Waals surface area (Å²) in [6, 6.07) is 0. The molecule has 1 aromatic rings. The molecule has 2 aliphatic heterocycles. The number of morpholine rings is 1. The van der Waals surface area contributed by atoms with Crippen LogP contribution in [0, 0.1) is 0 Å². The molecule has 3 rings (SSSR count). The number of nitrogens with zero attached hydrogens (tertiary/aromatic N) is 5. The first kappa shape index (κ1) is 13.1. The second kappa shape index (κ2) is 5.11. The lowest BCUT2D eigenvalue weighted by molar-refractivity contribution is 0.122. The monoisotopic (exact) mass is 273 g/mol. The quantitative estimate of drug-likeness (QED) is 0.677. The molecular weight excluding hydrogens is 258 g/mol. The normalized spacial score (nSPS) is 18.5. The zero-order chi connectivity index (χ0) is 11.8. The van der Waals surface area contributed by atoms with Gasteiger partial charge in [0.05, 0.1) is 13.2 Å². The number of likely N-dealkylation sites (N-methyl/N-ethyl adjacent to an activating group) is 1. The maximum absolute atomic E-state index is 11.8. The van der Waals surface area contributed by atoms with E-state index < -0.39 is 0 Å². The predicted octanol–water partition coefficient (Wildman–Crippen LogP) is -0.654. The molecule has 0 saturated carbocycles. The van der Waals surface area contributed by atoms with Crippen LogP contribution >= 0.6 is 12.4 Å². The van der Waals surface area contributed by atoms with Crippen LogP contribution < -0.4 is 15.5 Å². The molecule has 8 heteroatoms. The third-order valence-corrected chi connectivity index (χ3v) is 3.16. The van der Waals surface area contributed by atoms with Gasteiger partial charge in [-0.25, -0.2) is 4.79 Å². The van der Waals surface area contributed by atoms with Crippen molar-refractivity contribution in [2.45, 2.75) is 6.54 Å². The average Bonchev–Trinajstić information content (AvgIpc) is 2.73. The largest absolute Gasteiger partial charge is 0.378 e. The Labute approximate surface area is 111 Å². The lowest BCUT2D eigenvalue weighted by atomic mass is 10.4. The van der Waals surface area contributed by atoms with Crippen LogP contribution in [-0.4, -0.2) is 54.4 Å². The van der Waals surface area contributed by atoms with E-state index >= 15 is 0 Å². The fraction of sp³-hybridized carbons (Fsp3) is 0.700. The first-order valence-electron chi connectivity index (χ1n) is 5.78. The molecule has 3 heterocycles. The minimum absolute atomic E-state index is 0. The number of fused-ring (bicyclic) bond motifs is 1. The molecule has 0 radical (unpaired) electrons. The third kappa shape index (κ3) is 2.15. The topological polar surface area (TPSA) is 63.5 Å². The summed E-state index contributed by atoms with van der Waals surface area (Å²) in [7, 11) is 1.94. The number of aromatic nitrogens is 3. The average molecular weight is 274 g/mol. The molecule has 0 spiro atoms. The first-order valence-corrected chi connectivity index (χ1v) is 5.78. The van der Waals surface area contributed by atoms with Gasteiger partial charge in [-0.05, 0) is 0 Å². The number of hydrogen-bond acceptors (Lipinski definition) is 6. The van der Waals surface area contributed by atoms with E-state index in [2.05, 4.69) is 9.97 Å². The summed E-state index contributed by atoms with van der Waals surface area (Å²) in [5.74, 6) is 1.24. The lowest BCUT2D eigenvalue weighted by Gasteiger charge is -2.27. The number of hydrogen-bond donors (Lipinski definition) is 0. The molecule has 0 unspecified atom stereocenters. The van der Waals surface area contributed by atoms with Crippen molar-refractivity contribution in [1.29, 1.82) is 0 Å². The second-order valence-corrected chi connectivity index (χ2v) is 4.28. The van der Waals surface area contributed by atoms with Gasteiger partial charge in [-0.15, -0.1) is 12.4 Å². The van der Waals surface area contributed by atoms with Gasteiger partial charge in [0.2, 0.25) is 11.9 Å². The highest BCUT2D eigenvalue weighted by atomic mass is 35.5. The summed E-state index contributed by atoms with van der Waals surface area (Å²) in [6.07, 6.45) is 0. The Morgan fingerprint density at radius 3 is 2.56 bits per heavy atom. The minimum atomic E-state index is -0.208. The van der Waals surface area contributed by atoms with E-state index in [1.165, 1.54) is 0 Å². The Morgan fingerprint density at radius 2 is 1.83 bits per heavy atom. The number of anilines is 2. The van der Waals surface area contributed by atoms with Crippen molar-refractivity contribution in [2.24, 2.45) is 0 Å². The summed E-state index contributed by atoms with van der Waals surface area (Å²) >= 11 is 0. The molecule has 0 atom stereocenters. The standard InChI is InChI=1S/C10H15N5O2.ClH/c1-13-2-3-15-9(13)11-8(12-10(15)16)14-4-6-17-7-5-14;/h2-7H2,1H3;1H. The SMILES string of the molecule is CN1CCn2c1nc(N1CCOCC1)nc2=O.Cl. The van der Waals surface area contributed by atoms with Gasteiger partial charge < -0.3 is 14.5 Å². The van der Waals surface area contributed by atoms with E-state index in [4.69, 9.17) is 4.74 Å². The van der Waals surface area contributed by atoms with E-state index in [0.717, 1.165) is 19.6 Å². The summed E-state index contributed by atoms with van der Waals surface area (Å²) in [5.41, 5.74) is -0.208. The van der Waals surface area contributed by atoms with Crippen LogP contribution in [0.25, 0.3) is 0 Å². The fourth-order valence-electron chi connectivity index (χ4n) is 2.15. The number of halogens is 1. The van der Waals surface area contributed by atoms with E-state index in [-0.39, 0.29) is 18.1 Å². The van der Waals surface area contributed by atoms with Gasteiger partial charge in [0.15, 0.2) is 0 Å². The van der Waals surface area contributed by atoms with Crippen molar-refractivity contribution in [2.75, 3.05) is 49.7 Å². The van der Waals surface area contributed by atoms with Gasteiger partial charge in [-0.3, -0.25) is 4.57 Å². The molecule has 100 valence electrons. The van der Waals surface area contributed by atoms with E-state index in [1.54, 1.807) is 4.57 Å². The smallest absolute Gasteiger partial charge is 0.353 e. The first-order chi connectivity index (χ1) is 8.25. The van der Waals surface area contributed by atoms with Gasteiger partial charge in [0.1, 0.15) is 0 Å². The van der Waals surface area contributed by atoms with Gasteiger partial charge in [0, 0.05) is 33.2 Å². The van der Waals surface area contributed by atoms with Crippen LogP contribution in [0.15, 0.2) is 4.79 Å². The molecule has 1 saturated heterocycles. The van der Waals surface area contributed by atoms with Crippen molar-refractivity contribution in [3.63, 3.8) is 0 Å². The Kier molecular flexibility index (Phi) is 3.72. The van der Waals surface area contributed by atoms with Crippen LogP contribution in [-0.2, 0) is 11.3 Å². The maximum atomic E-state index is 11.8. The lowest BCUT2D eigenvalue weighted by Crippen LogP contribution is -2.39. The Bertz CT molecular complexity index is 486. The van der Waals surface area contributed by atoms with E-state index in [9.17, 15) is 4.79 Å². The zero-order valence-electron chi connectivity index (χ0n) is 10.2. The molecule has 0 aliphatic carbocycles. The van der Waals surface area contributed by atoms with Crippen LogP contribution in [0.2, 0.25) is 0 Å². The Hall–Kier alpha value is -1.34. The summed E-state index contributed by atoms with van der Waals surface area (Å²) in [4.78, 5) is 24.3. The van der Waals surface area contributed by atoms with Crippen molar-refractivity contribution >= 4 is 24.3 Å². The van der Waals surface area contributed by atoms with E-state index in [0.29, 0.717) is 31.7 Å². The highest BCUT2D eigenvalue weighted by Crippen LogP contribution is 2.17. The molecule has 0 amide bonds. The second-order valence-electron chi connectivity index (χ2n) is 4.28. The van der Waals surface area contributed by atoms with Gasteiger partial charge in [0.25, 0.3) is 0 Å². The molecule has 7 nitrogen and oxygen atoms in total. The summed E-state index contributed by atoms with van der Waals surface area (Å²) in [5, 5.41) is 0. The van der Waals surface area contributed by atoms with Crippen LogP contribution in [0.4, 0.5) is 11.9 Å². The van der Waals surface area contributed by atoms with Gasteiger partial charge in [-0.2, -0.15) is 9.97 Å². The summed E-state index contributed by atoms with van der Waals surface area (Å²) < 4.78 is 6.89. The summed E-state index contributed by atoms with van der Waals surface area (Å²) in [6.45, 7) is 4.30. The molecule has 0 N–H and O–H groups in total. The molecule has 1 aromatic heterocycles. The molecular formula is C10H16ClN5O2. The Morgan fingerprint density at radius 1 is 1.11 bits per heavy atom. The van der Waals surface area contributed by atoms with Crippen LogP contribution in [0.3, 0.4) is 0 Å². The Balaban J connectivity index is 0.00000120. The van der Waals surface area contributed by atoms with Crippen LogP contribution in [0.1, 0.15) is 0 Å². The molecule has 1 fully saturated rings. The third-order valence-electron chi connectivity index (χ3n) is 3.16. The number of rotatable bonds is 1. The molecule has 0 aromatic carbocycles. The molecule has 2 aliphatic rings. The predicted molar refractivity (Wildman–Crippen MR) is 69.8 cm³/mol. The van der Waals surface area contributed by atoms with Crippen molar-refractivity contribution in [1.82, 2.24) is 14.5 Å².